The van der Waals surface area contributed by atoms with E-state index in [2.05, 4.69) is 20.3 Å². The molecule has 1 amide bonds. The molecule has 176 valence electrons. The van der Waals surface area contributed by atoms with Crippen LogP contribution in [0.15, 0.2) is 65.8 Å². The number of carbonyl (C=O) groups excluding carboxylic acids is 1. The quantitative estimate of drug-likeness (QED) is 0.358. The highest BCUT2D eigenvalue weighted by molar-refractivity contribution is 7.98. The number of hydrogen-bond acceptors (Lipinski definition) is 7. The van der Waals surface area contributed by atoms with Crippen LogP contribution in [-0.4, -0.2) is 48.7 Å². The molecule has 0 aliphatic carbocycles. The van der Waals surface area contributed by atoms with E-state index in [1.54, 1.807) is 22.3 Å². The molecule has 0 saturated heterocycles. The summed E-state index contributed by atoms with van der Waals surface area (Å²) in [7, 11) is 0. The number of carbonyl (C=O) groups is 1. The summed E-state index contributed by atoms with van der Waals surface area (Å²) in [6.07, 6.45) is -1.48. The summed E-state index contributed by atoms with van der Waals surface area (Å²) in [5.74, 6) is -0.577. The standard InChI is InChI=1S/C22H19F3N6O2S/c1-13(20(32)28-12-22(23,24)25)29-16-9-11-26-18(30-16)17-15-8-5-10-27-19(15)31(21(17)33)34-14-6-3-2-4-7-14/h2-11,13,33H,12H2,1H3,(H,28,32)(H,26,29,30). The summed E-state index contributed by atoms with van der Waals surface area (Å²) >= 11 is 1.27. The first-order valence-electron chi connectivity index (χ1n) is 10.1. The van der Waals surface area contributed by atoms with Crippen molar-refractivity contribution in [2.75, 3.05) is 11.9 Å². The molecule has 4 aromatic rings. The zero-order valence-electron chi connectivity index (χ0n) is 17.7. The summed E-state index contributed by atoms with van der Waals surface area (Å²) in [5, 5.41) is 16.3. The fraction of sp³-hybridized carbons (Fsp3) is 0.182. The molecule has 1 atom stereocenters. The summed E-state index contributed by atoms with van der Waals surface area (Å²) in [6.45, 7) is -0.0103. The molecular formula is C22H19F3N6O2S. The van der Waals surface area contributed by atoms with E-state index in [1.807, 2.05) is 35.6 Å². The Hall–Kier alpha value is -3.80. The molecule has 1 unspecified atom stereocenters. The smallest absolute Gasteiger partial charge is 0.405 e. The zero-order chi connectivity index (χ0) is 24.3. The van der Waals surface area contributed by atoms with Crippen LogP contribution in [0, 0.1) is 0 Å². The second kappa shape index (κ2) is 9.59. The van der Waals surface area contributed by atoms with E-state index in [4.69, 9.17) is 0 Å². The van der Waals surface area contributed by atoms with Crippen molar-refractivity contribution in [1.29, 1.82) is 0 Å². The fourth-order valence-corrected chi connectivity index (χ4v) is 4.06. The number of aromatic hydroxyl groups is 1. The van der Waals surface area contributed by atoms with Crippen molar-refractivity contribution in [1.82, 2.24) is 24.2 Å². The van der Waals surface area contributed by atoms with Crippen LogP contribution in [0.2, 0.25) is 0 Å². The van der Waals surface area contributed by atoms with Crippen LogP contribution < -0.4 is 10.6 Å². The predicted octanol–water partition coefficient (Wildman–Crippen LogP) is 4.23. The van der Waals surface area contributed by atoms with Crippen molar-refractivity contribution >= 4 is 34.7 Å². The molecule has 0 aliphatic heterocycles. The second-order valence-electron chi connectivity index (χ2n) is 7.24. The minimum absolute atomic E-state index is 0.115. The van der Waals surface area contributed by atoms with Gasteiger partial charge in [-0.25, -0.2) is 18.9 Å². The van der Waals surface area contributed by atoms with Gasteiger partial charge in [-0.15, -0.1) is 0 Å². The van der Waals surface area contributed by atoms with Gasteiger partial charge in [0, 0.05) is 22.7 Å². The number of rotatable bonds is 7. The van der Waals surface area contributed by atoms with Gasteiger partial charge in [-0.05, 0) is 49.2 Å². The van der Waals surface area contributed by atoms with Crippen molar-refractivity contribution in [3.63, 3.8) is 0 Å². The average Bonchev–Trinajstić information content (AvgIpc) is 3.09. The van der Waals surface area contributed by atoms with Crippen molar-refractivity contribution in [2.24, 2.45) is 0 Å². The molecule has 3 heterocycles. The van der Waals surface area contributed by atoms with Crippen molar-refractivity contribution in [3.05, 3.63) is 60.9 Å². The molecule has 0 spiro atoms. The van der Waals surface area contributed by atoms with Crippen LogP contribution in [0.3, 0.4) is 0 Å². The number of amides is 1. The first-order chi connectivity index (χ1) is 16.2. The van der Waals surface area contributed by atoms with Crippen molar-refractivity contribution < 1.29 is 23.1 Å². The van der Waals surface area contributed by atoms with Gasteiger partial charge in [0.1, 0.15) is 18.4 Å². The number of pyridine rings is 1. The van der Waals surface area contributed by atoms with Gasteiger partial charge in [0.05, 0.1) is 5.56 Å². The van der Waals surface area contributed by atoms with Crippen molar-refractivity contribution in [3.8, 4) is 17.3 Å². The Morgan fingerprint density at radius 3 is 2.62 bits per heavy atom. The van der Waals surface area contributed by atoms with Gasteiger partial charge >= 0.3 is 6.18 Å². The minimum Gasteiger partial charge on any atom is -0.493 e. The summed E-state index contributed by atoms with van der Waals surface area (Å²) < 4.78 is 38.7. The minimum atomic E-state index is -4.50. The number of nitrogens with zero attached hydrogens (tertiary/aromatic N) is 4. The highest BCUT2D eigenvalue weighted by Gasteiger charge is 2.29. The molecule has 0 saturated carbocycles. The zero-order valence-corrected chi connectivity index (χ0v) is 18.6. The van der Waals surface area contributed by atoms with E-state index in [-0.39, 0.29) is 17.5 Å². The Labute approximate surface area is 196 Å². The third-order valence-corrected chi connectivity index (χ3v) is 5.72. The predicted molar refractivity (Wildman–Crippen MR) is 122 cm³/mol. The normalized spacial score (nSPS) is 12.5. The third kappa shape index (κ3) is 5.22. The molecule has 0 radical (unpaired) electrons. The maximum absolute atomic E-state index is 12.4. The number of halogens is 3. The molecule has 0 aliphatic rings. The Morgan fingerprint density at radius 2 is 1.88 bits per heavy atom. The Kier molecular flexibility index (Phi) is 6.59. The maximum Gasteiger partial charge on any atom is 0.405 e. The lowest BCUT2D eigenvalue weighted by Gasteiger charge is -2.15. The van der Waals surface area contributed by atoms with Gasteiger partial charge in [-0.3, -0.25) is 4.79 Å². The van der Waals surface area contributed by atoms with Gasteiger partial charge in [0.25, 0.3) is 0 Å². The number of aromatic nitrogens is 4. The van der Waals surface area contributed by atoms with Crippen LogP contribution in [0.4, 0.5) is 19.0 Å². The molecule has 34 heavy (non-hydrogen) atoms. The summed E-state index contributed by atoms with van der Waals surface area (Å²) in [4.78, 5) is 25.9. The third-order valence-electron chi connectivity index (χ3n) is 4.70. The Bertz CT molecular complexity index is 1310. The monoisotopic (exact) mass is 488 g/mol. The average molecular weight is 488 g/mol. The molecule has 3 N–H and O–H groups in total. The number of benzene rings is 1. The van der Waals surface area contributed by atoms with E-state index < -0.39 is 24.7 Å². The van der Waals surface area contributed by atoms with Gasteiger partial charge in [0.15, 0.2) is 11.5 Å². The van der Waals surface area contributed by atoms with E-state index >= 15 is 0 Å². The molecule has 8 nitrogen and oxygen atoms in total. The van der Waals surface area contributed by atoms with E-state index in [1.165, 1.54) is 31.1 Å². The van der Waals surface area contributed by atoms with E-state index in [9.17, 15) is 23.1 Å². The van der Waals surface area contributed by atoms with Crippen LogP contribution >= 0.6 is 11.9 Å². The van der Waals surface area contributed by atoms with E-state index in [0.717, 1.165) is 4.90 Å². The number of nitrogens with one attached hydrogen (secondary N) is 2. The lowest BCUT2D eigenvalue weighted by atomic mass is 10.2. The largest absolute Gasteiger partial charge is 0.493 e. The molecule has 0 fully saturated rings. The fourth-order valence-electron chi connectivity index (χ4n) is 3.16. The number of anilines is 1. The summed E-state index contributed by atoms with van der Waals surface area (Å²) in [6, 6.07) is 13.4. The van der Waals surface area contributed by atoms with Crippen LogP contribution in [0.1, 0.15) is 6.92 Å². The van der Waals surface area contributed by atoms with Gasteiger partial charge in [-0.2, -0.15) is 13.2 Å². The molecule has 0 bridgehead atoms. The maximum atomic E-state index is 12.4. The first-order valence-corrected chi connectivity index (χ1v) is 10.9. The highest BCUT2D eigenvalue weighted by atomic mass is 32.2. The second-order valence-corrected chi connectivity index (χ2v) is 8.26. The van der Waals surface area contributed by atoms with E-state index in [0.29, 0.717) is 16.6 Å². The first kappa shape index (κ1) is 23.4. The highest BCUT2D eigenvalue weighted by Crippen LogP contribution is 2.41. The van der Waals surface area contributed by atoms with Crippen molar-refractivity contribution in [2.45, 2.75) is 24.0 Å². The van der Waals surface area contributed by atoms with Crippen LogP contribution in [0.5, 0.6) is 5.88 Å². The molecule has 1 aromatic carbocycles. The number of hydrogen-bond donors (Lipinski definition) is 3. The molecule has 4 rings (SSSR count). The number of fused-ring (bicyclic) bond motifs is 1. The summed E-state index contributed by atoms with van der Waals surface area (Å²) in [5.41, 5.74) is 0.843. The van der Waals surface area contributed by atoms with Crippen LogP contribution in [0.25, 0.3) is 22.4 Å². The van der Waals surface area contributed by atoms with Gasteiger partial charge in [-0.1, -0.05) is 18.2 Å². The topological polar surface area (TPSA) is 105 Å². The Morgan fingerprint density at radius 1 is 1.12 bits per heavy atom. The molecule has 12 heteroatoms. The SMILES string of the molecule is CC(Nc1ccnc(-c2c(O)n(Sc3ccccc3)c3ncccc23)n1)C(=O)NCC(F)(F)F. The lowest BCUT2D eigenvalue weighted by Crippen LogP contribution is -2.42. The van der Waals surface area contributed by atoms with Gasteiger partial charge < -0.3 is 15.7 Å². The van der Waals surface area contributed by atoms with Gasteiger partial charge in [0.2, 0.25) is 11.8 Å². The Balaban J connectivity index is 1.63. The number of alkyl halides is 3. The lowest BCUT2D eigenvalue weighted by molar-refractivity contribution is -0.138. The molecule has 3 aromatic heterocycles. The van der Waals surface area contributed by atoms with Crippen LogP contribution in [-0.2, 0) is 4.79 Å². The molecular weight excluding hydrogens is 469 g/mol.